The van der Waals surface area contributed by atoms with E-state index in [2.05, 4.69) is 24.3 Å². The summed E-state index contributed by atoms with van der Waals surface area (Å²) in [6, 6.07) is 0. The summed E-state index contributed by atoms with van der Waals surface area (Å²) in [6.45, 7) is 4.93. The Bertz CT molecular complexity index is 459. The van der Waals surface area contributed by atoms with Crippen LogP contribution >= 0.6 is 0 Å². The number of aromatic nitrogens is 2. The van der Waals surface area contributed by atoms with E-state index < -0.39 is 0 Å². The van der Waals surface area contributed by atoms with Crippen molar-refractivity contribution in [3.63, 3.8) is 0 Å². The van der Waals surface area contributed by atoms with Crippen LogP contribution in [0, 0.1) is 18.3 Å². The van der Waals surface area contributed by atoms with Gasteiger partial charge in [-0.3, -0.25) is 0 Å². The topological polar surface area (TPSA) is 43.8 Å². The molecule has 0 bridgehead atoms. The molecule has 1 aliphatic carbocycles. The minimum Gasteiger partial charge on any atom is -0.384 e. The Balaban J connectivity index is 2.32. The van der Waals surface area contributed by atoms with Crippen LogP contribution in [-0.2, 0) is 13.0 Å². The van der Waals surface area contributed by atoms with Crippen LogP contribution in [0.3, 0.4) is 0 Å². The second kappa shape index (κ2) is 6.14. The van der Waals surface area contributed by atoms with Crippen LogP contribution in [0.5, 0.6) is 0 Å². The van der Waals surface area contributed by atoms with E-state index in [1.165, 1.54) is 32.1 Å². The standard InChI is InChI=1S/C16H25N3/c1-4-10-19-15(17)14(11-12(2)3)18-16(19)13-8-6-5-7-9-13/h1,12-13H,5-11,17H2,2-3H3. The number of nitrogen functional groups attached to an aromatic ring is 1. The molecule has 1 fully saturated rings. The summed E-state index contributed by atoms with van der Waals surface area (Å²) in [4.78, 5) is 4.83. The molecule has 1 saturated carbocycles. The predicted octanol–water partition coefficient (Wildman–Crippen LogP) is 3.34. The molecule has 2 rings (SSSR count). The maximum absolute atomic E-state index is 6.25. The lowest BCUT2D eigenvalue weighted by atomic mass is 9.88. The first-order valence-electron chi connectivity index (χ1n) is 7.41. The normalized spacial score (nSPS) is 16.7. The zero-order valence-corrected chi connectivity index (χ0v) is 12.2. The molecule has 0 atom stereocenters. The summed E-state index contributed by atoms with van der Waals surface area (Å²) in [5.74, 6) is 5.74. The molecule has 0 spiro atoms. The van der Waals surface area contributed by atoms with Crippen molar-refractivity contribution in [3.05, 3.63) is 11.5 Å². The molecular formula is C16H25N3. The zero-order chi connectivity index (χ0) is 13.8. The lowest BCUT2D eigenvalue weighted by Crippen LogP contribution is -2.13. The van der Waals surface area contributed by atoms with Gasteiger partial charge in [0, 0.05) is 5.92 Å². The lowest BCUT2D eigenvalue weighted by Gasteiger charge is -2.21. The molecule has 0 aromatic carbocycles. The molecule has 0 aliphatic heterocycles. The van der Waals surface area contributed by atoms with Gasteiger partial charge in [-0.25, -0.2) is 4.98 Å². The first kappa shape index (κ1) is 14.0. The van der Waals surface area contributed by atoms with E-state index in [9.17, 15) is 0 Å². The fourth-order valence-corrected chi connectivity index (χ4v) is 3.00. The molecule has 104 valence electrons. The molecule has 3 nitrogen and oxygen atoms in total. The third-order valence-corrected chi connectivity index (χ3v) is 3.93. The first-order chi connectivity index (χ1) is 9.13. The van der Waals surface area contributed by atoms with Crippen molar-refractivity contribution in [3.8, 4) is 12.3 Å². The van der Waals surface area contributed by atoms with E-state index in [4.69, 9.17) is 17.1 Å². The molecule has 0 radical (unpaired) electrons. The largest absolute Gasteiger partial charge is 0.384 e. The number of nitrogens with two attached hydrogens (primary N) is 1. The van der Waals surface area contributed by atoms with Crippen LogP contribution < -0.4 is 5.73 Å². The van der Waals surface area contributed by atoms with E-state index in [1.807, 2.05) is 0 Å². The minimum atomic E-state index is 0.544. The smallest absolute Gasteiger partial charge is 0.127 e. The van der Waals surface area contributed by atoms with Crippen molar-refractivity contribution in [2.45, 2.75) is 64.8 Å². The summed E-state index contributed by atoms with van der Waals surface area (Å²) >= 11 is 0. The molecule has 1 aliphatic rings. The highest BCUT2D eigenvalue weighted by Crippen LogP contribution is 2.34. The molecule has 2 N–H and O–H groups in total. The van der Waals surface area contributed by atoms with Crippen LogP contribution in [0.15, 0.2) is 0 Å². The zero-order valence-electron chi connectivity index (χ0n) is 12.2. The monoisotopic (exact) mass is 259 g/mol. The Kier molecular flexibility index (Phi) is 4.52. The third kappa shape index (κ3) is 3.12. The van der Waals surface area contributed by atoms with Crippen molar-refractivity contribution in [2.24, 2.45) is 5.92 Å². The molecule has 3 heteroatoms. The van der Waals surface area contributed by atoms with Gasteiger partial charge in [-0.05, 0) is 25.2 Å². The van der Waals surface area contributed by atoms with Crippen LogP contribution in [-0.4, -0.2) is 9.55 Å². The number of terminal acetylenes is 1. The quantitative estimate of drug-likeness (QED) is 0.843. The van der Waals surface area contributed by atoms with Crippen LogP contribution in [0.4, 0.5) is 5.82 Å². The Morgan fingerprint density at radius 1 is 1.37 bits per heavy atom. The highest BCUT2D eigenvalue weighted by atomic mass is 15.1. The van der Waals surface area contributed by atoms with Gasteiger partial charge in [0.1, 0.15) is 11.6 Å². The van der Waals surface area contributed by atoms with Gasteiger partial charge in [0.2, 0.25) is 0 Å². The maximum atomic E-state index is 6.25. The van der Waals surface area contributed by atoms with Gasteiger partial charge in [-0.2, -0.15) is 0 Å². The number of rotatable bonds is 4. The lowest BCUT2D eigenvalue weighted by molar-refractivity contribution is 0.419. The summed E-state index contributed by atoms with van der Waals surface area (Å²) in [5, 5.41) is 0. The van der Waals surface area contributed by atoms with Gasteiger partial charge in [-0.15, -0.1) is 6.42 Å². The van der Waals surface area contributed by atoms with Crippen molar-refractivity contribution in [1.29, 1.82) is 0 Å². The van der Waals surface area contributed by atoms with Gasteiger partial charge in [-0.1, -0.05) is 39.0 Å². The number of imidazole rings is 1. The molecule has 1 heterocycles. The van der Waals surface area contributed by atoms with Gasteiger partial charge in [0.25, 0.3) is 0 Å². The Morgan fingerprint density at radius 3 is 2.63 bits per heavy atom. The average Bonchev–Trinajstić information content (AvgIpc) is 2.69. The summed E-state index contributed by atoms with van der Waals surface area (Å²) < 4.78 is 2.06. The van der Waals surface area contributed by atoms with Gasteiger partial charge < -0.3 is 10.3 Å². The van der Waals surface area contributed by atoms with E-state index >= 15 is 0 Å². The van der Waals surface area contributed by atoms with Crippen LogP contribution in [0.25, 0.3) is 0 Å². The SMILES string of the molecule is C#CCn1c(C2CCCCC2)nc(CC(C)C)c1N. The van der Waals surface area contributed by atoms with E-state index in [0.29, 0.717) is 18.4 Å². The summed E-state index contributed by atoms with van der Waals surface area (Å²) in [7, 11) is 0. The van der Waals surface area contributed by atoms with E-state index in [1.54, 1.807) is 0 Å². The second-order valence-corrected chi connectivity index (χ2v) is 6.03. The Labute approximate surface area is 116 Å². The molecule has 1 aromatic heterocycles. The van der Waals surface area contributed by atoms with Gasteiger partial charge in [0.05, 0.1) is 12.2 Å². The second-order valence-electron chi connectivity index (χ2n) is 6.03. The molecule has 0 unspecified atom stereocenters. The highest BCUT2D eigenvalue weighted by molar-refractivity contribution is 5.40. The van der Waals surface area contributed by atoms with E-state index in [0.717, 1.165) is 23.8 Å². The highest BCUT2D eigenvalue weighted by Gasteiger charge is 2.24. The number of hydrogen-bond donors (Lipinski definition) is 1. The number of anilines is 1. The number of hydrogen-bond acceptors (Lipinski definition) is 2. The van der Waals surface area contributed by atoms with Gasteiger partial charge in [0.15, 0.2) is 0 Å². The predicted molar refractivity (Wildman–Crippen MR) is 79.8 cm³/mol. The van der Waals surface area contributed by atoms with Crippen molar-refractivity contribution < 1.29 is 0 Å². The van der Waals surface area contributed by atoms with Crippen LogP contribution in [0.2, 0.25) is 0 Å². The number of nitrogens with zero attached hydrogens (tertiary/aromatic N) is 2. The van der Waals surface area contributed by atoms with Crippen LogP contribution in [0.1, 0.15) is 63.4 Å². The van der Waals surface area contributed by atoms with Gasteiger partial charge >= 0.3 is 0 Å². The summed E-state index contributed by atoms with van der Waals surface area (Å²) in [6.07, 6.45) is 12.8. The fraction of sp³-hybridized carbons (Fsp3) is 0.688. The van der Waals surface area contributed by atoms with Crippen molar-refractivity contribution in [1.82, 2.24) is 9.55 Å². The fourth-order valence-electron chi connectivity index (χ4n) is 3.00. The first-order valence-corrected chi connectivity index (χ1v) is 7.41. The molecule has 1 aromatic rings. The van der Waals surface area contributed by atoms with Crippen molar-refractivity contribution >= 4 is 5.82 Å². The molecule has 0 saturated heterocycles. The molecular weight excluding hydrogens is 234 g/mol. The summed E-state index contributed by atoms with van der Waals surface area (Å²) in [5.41, 5.74) is 7.28. The average molecular weight is 259 g/mol. The van der Waals surface area contributed by atoms with Crippen molar-refractivity contribution in [2.75, 3.05) is 5.73 Å². The maximum Gasteiger partial charge on any atom is 0.127 e. The molecule has 19 heavy (non-hydrogen) atoms. The minimum absolute atomic E-state index is 0.544. The third-order valence-electron chi connectivity index (χ3n) is 3.93. The Hall–Kier alpha value is -1.43. The molecule has 0 amide bonds. The Morgan fingerprint density at radius 2 is 2.05 bits per heavy atom. The van der Waals surface area contributed by atoms with E-state index in [-0.39, 0.29) is 0 Å².